The van der Waals surface area contributed by atoms with Crippen molar-refractivity contribution in [1.82, 2.24) is 10.2 Å². The Hall–Kier alpha value is -2.70. The van der Waals surface area contributed by atoms with E-state index in [2.05, 4.69) is 20.3 Å². The van der Waals surface area contributed by atoms with Gasteiger partial charge in [0.2, 0.25) is 0 Å². The Bertz CT molecular complexity index is 853. The number of ether oxygens (including phenoxy) is 1. The number of hydrogen-bond acceptors (Lipinski definition) is 5. The monoisotopic (exact) mass is 431 g/mol. The Labute approximate surface area is 158 Å². The third-order valence-corrected chi connectivity index (χ3v) is 3.47. The van der Waals surface area contributed by atoms with Crippen LogP contribution in [0.3, 0.4) is 0 Å². The van der Waals surface area contributed by atoms with Gasteiger partial charge in [-0.2, -0.15) is 35.1 Å². The fourth-order valence-electron chi connectivity index (χ4n) is 2.24. The first kappa shape index (κ1) is 22.6. The van der Waals surface area contributed by atoms with Gasteiger partial charge in [-0.3, -0.25) is 0 Å². The summed E-state index contributed by atoms with van der Waals surface area (Å²) in [5.41, 5.74) is -4.65. The highest BCUT2D eigenvalue weighted by atomic mass is 19.4. The molecule has 0 saturated carbocycles. The fraction of sp³-hybridized carbons (Fsp3) is 0.375. The maximum absolute atomic E-state index is 13.3. The summed E-state index contributed by atoms with van der Waals surface area (Å²) in [5, 5.41) is 18.6. The first-order valence-corrected chi connectivity index (χ1v) is 7.82. The molecule has 0 unspecified atom stereocenters. The lowest BCUT2D eigenvalue weighted by atomic mass is 10.00. The van der Waals surface area contributed by atoms with Crippen LogP contribution < -0.4 is 10.1 Å². The molecule has 29 heavy (non-hydrogen) atoms. The van der Waals surface area contributed by atoms with Crippen LogP contribution in [-0.2, 0) is 12.4 Å². The highest BCUT2D eigenvalue weighted by Gasteiger charge is 2.38. The average molecular weight is 431 g/mol. The van der Waals surface area contributed by atoms with Crippen molar-refractivity contribution >= 4 is 5.82 Å². The third kappa shape index (κ3) is 5.89. The van der Waals surface area contributed by atoms with Crippen molar-refractivity contribution in [2.45, 2.75) is 32.0 Å². The fourth-order valence-corrected chi connectivity index (χ4v) is 2.24. The minimum absolute atomic E-state index is 0.107. The molecular weight excluding hydrogens is 418 g/mol. The van der Waals surface area contributed by atoms with Crippen molar-refractivity contribution in [2.75, 3.05) is 11.9 Å². The molecule has 2 rings (SSSR count). The van der Waals surface area contributed by atoms with Gasteiger partial charge in [-0.05, 0) is 19.1 Å². The van der Waals surface area contributed by atoms with Crippen molar-refractivity contribution in [3.63, 3.8) is 0 Å². The van der Waals surface area contributed by atoms with Crippen molar-refractivity contribution in [3.8, 4) is 17.0 Å². The predicted octanol–water partition coefficient (Wildman–Crippen LogP) is 4.58. The molecule has 0 aliphatic rings. The van der Waals surface area contributed by atoms with Crippen LogP contribution in [-0.4, -0.2) is 34.6 Å². The summed E-state index contributed by atoms with van der Waals surface area (Å²) in [6.45, 7) is -2.17. The van der Waals surface area contributed by atoms with Crippen LogP contribution in [0.1, 0.15) is 18.1 Å². The number of alkyl halides is 8. The summed E-state index contributed by atoms with van der Waals surface area (Å²) in [6, 6.07) is 1.50. The van der Waals surface area contributed by atoms with Crippen molar-refractivity contribution in [2.24, 2.45) is 0 Å². The molecule has 0 amide bonds. The number of aliphatic hydroxyl groups is 1. The van der Waals surface area contributed by atoms with E-state index < -0.39 is 59.0 Å². The molecule has 0 spiro atoms. The predicted molar refractivity (Wildman–Crippen MR) is 84.3 cm³/mol. The van der Waals surface area contributed by atoms with Gasteiger partial charge in [-0.15, -0.1) is 10.2 Å². The van der Waals surface area contributed by atoms with E-state index in [-0.39, 0.29) is 12.6 Å². The van der Waals surface area contributed by atoms with Crippen LogP contribution in [0, 0.1) is 0 Å². The van der Waals surface area contributed by atoms with E-state index >= 15 is 0 Å². The van der Waals surface area contributed by atoms with Gasteiger partial charge in [0, 0.05) is 18.2 Å². The summed E-state index contributed by atoms with van der Waals surface area (Å²) in [7, 11) is 0. The van der Waals surface area contributed by atoms with E-state index in [4.69, 9.17) is 0 Å². The summed E-state index contributed by atoms with van der Waals surface area (Å²) in [5.74, 6) is -1.09. The standard InChI is InChI=1S/C16H13F8N3O2/c1-7(28)6-25-13-12(29-14(17)18)5-11(26-27-13)9-3-2-8(15(19,20)21)4-10(9)16(22,23)24/h2-5,7,14,28H,6H2,1H3,(H,25,27)/t7-/m1/s1. The maximum atomic E-state index is 13.3. The van der Waals surface area contributed by atoms with Gasteiger partial charge in [0.25, 0.3) is 0 Å². The number of halogens is 8. The molecule has 1 atom stereocenters. The summed E-state index contributed by atoms with van der Waals surface area (Å²) in [6.07, 6.45) is -11.1. The quantitative estimate of drug-likeness (QED) is 0.656. The number of aliphatic hydroxyl groups excluding tert-OH is 1. The second-order valence-corrected chi connectivity index (χ2v) is 5.81. The molecule has 5 nitrogen and oxygen atoms in total. The lowest BCUT2D eigenvalue weighted by Crippen LogP contribution is -2.18. The topological polar surface area (TPSA) is 67.3 Å². The van der Waals surface area contributed by atoms with E-state index in [9.17, 15) is 40.2 Å². The second-order valence-electron chi connectivity index (χ2n) is 5.81. The number of nitrogens with one attached hydrogen (secondary N) is 1. The van der Waals surface area contributed by atoms with E-state index in [1.807, 2.05) is 0 Å². The van der Waals surface area contributed by atoms with Crippen LogP contribution in [0.15, 0.2) is 24.3 Å². The zero-order chi connectivity index (χ0) is 22.0. The minimum Gasteiger partial charge on any atom is -0.431 e. The van der Waals surface area contributed by atoms with E-state index in [1.165, 1.54) is 6.92 Å². The molecule has 2 N–H and O–H groups in total. The molecule has 0 fully saturated rings. The number of anilines is 1. The van der Waals surface area contributed by atoms with Crippen LogP contribution in [0.4, 0.5) is 40.9 Å². The molecule has 0 radical (unpaired) electrons. The zero-order valence-corrected chi connectivity index (χ0v) is 14.4. The Balaban J connectivity index is 2.58. The number of aromatic nitrogens is 2. The smallest absolute Gasteiger partial charge is 0.417 e. The SMILES string of the molecule is C[C@@H](O)CNc1nnc(-c2ccc(C(F)(F)F)cc2C(F)(F)F)cc1OC(F)F. The first-order valence-electron chi connectivity index (χ1n) is 7.82. The third-order valence-electron chi connectivity index (χ3n) is 3.47. The molecule has 0 aliphatic carbocycles. The molecular formula is C16H13F8N3O2. The zero-order valence-electron chi connectivity index (χ0n) is 14.4. The lowest BCUT2D eigenvalue weighted by molar-refractivity contribution is -0.142. The van der Waals surface area contributed by atoms with Gasteiger partial charge in [-0.1, -0.05) is 6.07 Å². The summed E-state index contributed by atoms with van der Waals surface area (Å²) >= 11 is 0. The second kappa shape index (κ2) is 8.35. The van der Waals surface area contributed by atoms with Crippen molar-refractivity contribution in [3.05, 3.63) is 35.4 Å². The highest BCUT2D eigenvalue weighted by molar-refractivity contribution is 5.68. The van der Waals surface area contributed by atoms with Gasteiger partial charge < -0.3 is 15.2 Å². The lowest BCUT2D eigenvalue weighted by Gasteiger charge is -2.17. The van der Waals surface area contributed by atoms with Crippen molar-refractivity contribution < 1.29 is 45.0 Å². The molecule has 1 aromatic carbocycles. The van der Waals surface area contributed by atoms with Crippen LogP contribution >= 0.6 is 0 Å². The van der Waals surface area contributed by atoms with E-state index in [1.54, 1.807) is 0 Å². The molecule has 13 heteroatoms. The van der Waals surface area contributed by atoms with Gasteiger partial charge in [0.15, 0.2) is 11.6 Å². The molecule has 0 aliphatic heterocycles. The molecule has 1 aromatic heterocycles. The minimum atomic E-state index is -5.19. The maximum Gasteiger partial charge on any atom is 0.417 e. The summed E-state index contributed by atoms with van der Waals surface area (Å²) in [4.78, 5) is 0. The van der Waals surface area contributed by atoms with E-state index in [0.29, 0.717) is 18.2 Å². The number of hydrogen-bond donors (Lipinski definition) is 2. The van der Waals surface area contributed by atoms with Gasteiger partial charge >= 0.3 is 19.0 Å². The Morgan fingerprint density at radius 2 is 1.69 bits per heavy atom. The molecule has 160 valence electrons. The van der Waals surface area contributed by atoms with E-state index in [0.717, 1.165) is 0 Å². The Morgan fingerprint density at radius 1 is 1.03 bits per heavy atom. The molecule has 2 aromatic rings. The first-order chi connectivity index (χ1) is 13.3. The molecule has 0 bridgehead atoms. The summed E-state index contributed by atoms with van der Waals surface area (Å²) < 4.78 is 108. The van der Waals surface area contributed by atoms with Crippen LogP contribution in [0.25, 0.3) is 11.3 Å². The highest BCUT2D eigenvalue weighted by Crippen LogP contribution is 2.41. The number of rotatable bonds is 6. The van der Waals surface area contributed by atoms with Crippen LogP contribution in [0.5, 0.6) is 5.75 Å². The molecule has 1 heterocycles. The largest absolute Gasteiger partial charge is 0.431 e. The van der Waals surface area contributed by atoms with Gasteiger partial charge in [0.05, 0.1) is 22.9 Å². The Kier molecular flexibility index (Phi) is 6.50. The average Bonchev–Trinajstić information content (AvgIpc) is 2.58. The molecule has 0 saturated heterocycles. The normalized spacial score (nSPS) is 13.5. The Morgan fingerprint density at radius 3 is 2.21 bits per heavy atom. The van der Waals surface area contributed by atoms with Gasteiger partial charge in [-0.25, -0.2) is 0 Å². The number of nitrogens with zero attached hydrogens (tertiary/aromatic N) is 2. The number of benzene rings is 1. The van der Waals surface area contributed by atoms with Crippen molar-refractivity contribution in [1.29, 1.82) is 0 Å². The van der Waals surface area contributed by atoms with Gasteiger partial charge in [0.1, 0.15) is 0 Å². The van der Waals surface area contributed by atoms with Crippen LogP contribution in [0.2, 0.25) is 0 Å².